The van der Waals surface area contributed by atoms with E-state index in [0.29, 0.717) is 10.0 Å². The minimum Gasteiger partial charge on any atom is -0.0843 e. The molecule has 0 aliphatic carbocycles. The summed E-state index contributed by atoms with van der Waals surface area (Å²) in [4.78, 5) is 0. The fourth-order valence-electron chi connectivity index (χ4n) is 2.08. The predicted octanol–water partition coefficient (Wildman–Crippen LogP) is 5.95. The molecule has 3 aromatic carbocycles. The molecule has 0 aromatic heterocycles. The van der Waals surface area contributed by atoms with Gasteiger partial charge < -0.3 is 0 Å². The minimum absolute atomic E-state index is 0.706. The molecule has 0 aliphatic heterocycles. The van der Waals surface area contributed by atoms with Crippen LogP contribution in [0.1, 0.15) is 0 Å². The third-order valence-electron chi connectivity index (χ3n) is 2.85. The maximum absolute atomic E-state index is 6.26. The van der Waals surface area contributed by atoms with Gasteiger partial charge in [-0.05, 0) is 35.0 Å². The summed E-state index contributed by atoms with van der Waals surface area (Å²) in [5.41, 5.74) is 0. The van der Waals surface area contributed by atoms with Crippen LogP contribution < -0.4 is 0 Å². The van der Waals surface area contributed by atoms with Gasteiger partial charge in [-0.1, -0.05) is 53.0 Å². The summed E-state index contributed by atoms with van der Waals surface area (Å²) >= 11 is 18.4. The lowest BCUT2D eigenvalue weighted by Gasteiger charge is -2.07. The number of rotatable bonds is 0. The first-order chi connectivity index (χ1) is 8.16. The Kier molecular flexibility index (Phi) is 2.67. The normalized spacial score (nSPS) is 11.2. The molecule has 0 heterocycles. The van der Waals surface area contributed by atoms with Crippen LogP contribution in [0.3, 0.4) is 0 Å². The average molecular weight is 282 g/mol. The third-order valence-corrected chi connectivity index (χ3v) is 3.73. The molecular formula is C14H7Cl3. The van der Waals surface area contributed by atoms with Gasteiger partial charge in [0.05, 0.1) is 0 Å². The minimum atomic E-state index is 0.706. The van der Waals surface area contributed by atoms with Gasteiger partial charge in [-0.3, -0.25) is 0 Å². The first-order valence-electron chi connectivity index (χ1n) is 5.13. The van der Waals surface area contributed by atoms with E-state index in [2.05, 4.69) is 0 Å². The second-order valence-corrected chi connectivity index (χ2v) is 5.13. The summed E-state index contributed by atoms with van der Waals surface area (Å²) in [7, 11) is 0. The lowest BCUT2D eigenvalue weighted by molar-refractivity contribution is 1.76. The zero-order valence-electron chi connectivity index (χ0n) is 8.68. The van der Waals surface area contributed by atoms with Crippen LogP contribution in [0.2, 0.25) is 15.1 Å². The fraction of sp³-hybridized carbons (Fsp3) is 0. The average Bonchev–Trinajstić information content (AvgIpc) is 2.32. The van der Waals surface area contributed by atoms with Gasteiger partial charge in [0, 0.05) is 25.8 Å². The molecule has 3 heteroatoms. The lowest BCUT2D eigenvalue weighted by Crippen LogP contribution is -1.80. The summed E-state index contributed by atoms with van der Waals surface area (Å²) in [6.07, 6.45) is 0. The summed E-state index contributed by atoms with van der Waals surface area (Å²) < 4.78 is 0. The maximum Gasteiger partial charge on any atom is 0.0491 e. The van der Waals surface area contributed by atoms with Crippen LogP contribution in [-0.4, -0.2) is 0 Å². The summed E-state index contributed by atoms with van der Waals surface area (Å²) in [6.45, 7) is 0. The molecule has 0 aliphatic rings. The molecule has 3 rings (SSSR count). The molecule has 0 radical (unpaired) electrons. The van der Waals surface area contributed by atoms with Crippen molar-refractivity contribution < 1.29 is 0 Å². The molecule has 0 atom stereocenters. The fourth-order valence-corrected chi connectivity index (χ4v) is 2.74. The third kappa shape index (κ3) is 1.77. The van der Waals surface area contributed by atoms with Gasteiger partial charge in [0.15, 0.2) is 0 Å². The van der Waals surface area contributed by atoms with E-state index in [-0.39, 0.29) is 0 Å². The van der Waals surface area contributed by atoms with Gasteiger partial charge in [0.25, 0.3) is 0 Å². The number of halogens is 3. The van der Waals surface area contributed by atoms with E-state index in [0.717, 1.165) is 26.6 Å². The van der Waals surface area contributed by atoms with Crippen molar-refractivity contribution in [1.82, 2.24) is 0 Å². The van der Waals surface area contributed by atoms with Crippen molar-refractivity contribution in [3.63, 3.8) is 0 Å². The topological polar surface area (TPSA) is 0 Å². The van der Waals surface area contributed by atoms with Crippen LogP contribution in [-0.2, 0) is 0 Å². The number of fused-ring (bicyclic) bond motifs is 3. The van der Waals surface area contributed by atoms with Crippen molar-refractivity contribution in [2.24, 2.45) is 0 Å². The summed E-state index contributed by atoms with van der Waals surface area (Å²) in [5, 5.41) is 6.21. The molecule has 0 unspecified atom stereocenters. The van der Waals surface area contributed by atoms with Crippen LogP contribution in [0.4, 0.5) is 0 Å². The molecule has 0 nitrogen and oxygen atoms in total. The Labute approximate surface area is 114 Å². The van der Waals surface area contributed by atoms with Gasteiger partial charge in [0.1, 0.15) is 0 Å². The molecule has 0 amide bonds. The Morgan fingerprint density at radius 2 is 1.35 bits per heavy atom. The van der Waals surface area contributed by atoms with Crippen molar-refractivity contribution in [3.8, 4) is 0 Å². The molecule has 0 bridgehead atoms. The molecular weight excluding hydrogens is 275 g/mol. The van der Waals surface area contributed by atoms with E-state index in [1.807, 2.05) is 42.5 Å². The van der Waals surface area contributed by atoms with Crippen LogP contribution in [0.25, 0.3) is 21.5 Å². The first kappa shape index (κ1) is 11.2. The second kappa shape index (κ2) is 4.06. The zero-order valence-corrected chi connectivity index (χ0v) is 10.9. The molecule has 0 fully saturated rings. The van der Waals surface area contributed by atoms with Crippen molar-refractivity contribution in [3.05, 3.63) is 57.5 Å². The van der Waals surface area contributed by atoms with Crippen LogP contribution in [0.5, 0.6) is 0 Å². The predicted molar refractivity (Wildman–Crippen MR) is 76.5 cm³/mol. The van der Waals surface area contributed by atoms with Crippen molar-refractivity contribution >= 4 is 56.3 Å². The van der Waals surface area contributed by atoms with E-state index in [4.69, 9.17) is 34.8 Å². The van der Waals surface area contributed by atoms with Crippen LogP contribution in [0.15, 0.2) is 42.5 Å². The Morgan fingerprint density at radius 1 is 0.647 bits per heavy atom. The van der Waals surface area contributed by atoms with E-state index in [9.17, 15) is 0 Å². The highest BCUT2D eigenvalue weighted by molar-refractivity contribution is 6.42. The Morgan fingerprint density at radius 3 is 2.18 bits per heavy atom. The maximum atomic E-state index is 6.26. The largest absolute Gasteiger partial charge is 0.0843 e. The standard InChI is InChI=1S/C14H7Cl3/c15-9-2-4-10-8(7-9)1-3-11-12(16)5-6-13(17)14(10)11/h1-7H. The summed E-state index contributed by atoms with van der Waals surface area (Å²) in [6, 6.07) is 13.4. The first-order valence-corrected chi connectivity index (χ1v) is 6.26. The summed E-state index contributed by atoms with van der Waals surface area (Å²) in [5.74, 6) is 0. The van der Waals surface area contributed by atoms with E-state index >= 15 is 0 Å². The number of benzene rings is 3. The molecule has 0 spiro atoms. The van der Waals surface area contributed by atoms with Gasteiger partial charge in [-0.25, -0.2) is 0 Å². The SMILES string of the molecule is Clc1ccc2c(ccc3c(Cl)ccc(Cl)c32)c1. The Balaban J connectivity index is 2.59. The number of hydrogen-bond acceptors (Lipinski definition) is 0. The van der Waals surface area contributed by atoms with Crippen molar-refractivity contribution in [2.75, 3.05) is 0 Å². The quantitative estimate of drug-likeness (QED) is 0.446. The highest BCUT2D eigenvalue weighted by atomic mass is 35.5. The monoisotopic (exact) mass is 280 g/mol. The van der Waals surface area contributed by atoms with Gasteiger partial charge in [-0.15, -0.1) is 0 Å². The van der Waals surface area contributed by atoms with Gasteiger partial charge >= 0.3 is 0 Å². The highest BCUT2D eigenvalue weighted by Crippen LogP contribution is 2.35. The smallest absolute Gasteiger partial charge is 0.0491 e. The van der Waals surface area contributed by atoms with Crippen molar-refractivity contribution in [2.45, 2.75) is 0 Å². The Hall–Kier alpha value is -0.950. The Bertz CT molecular complexity index is 732. The van der Waals surface area contributed by atoms with E-state index < -0.39 is 0 Å². The van der Waals surface area contributed by atoms with Gasteiger partial charge in [-0.2, -0.15) is 0 Å². The molecule has 17 heavy (non-hydrogen) atoms. The van der Waals surface area contributed by atoms with E-state index in [1.165, 1.54) is 0 Å². The molecule has 0 saturated carbocycles. The zero-order chi connectivity index (χ0) is 12.0. The highest BCUT2D eigenvalue weighted by Gasteiger charge is 2.07. The molecule has 0 saturated heterocycles. The second-order valence-electron chi connectivity index (χ2n) is 3.88. The number of hydrogen-bond donors (Lipinski definition) is 0. The molecule has 0 N–H and O–H groups in total. The van der Waals surface area contributed by atoms with Crippen molar-refractivity contribution in [1.29, 1.82) is 0 Å². The van der Waals surface area contributed by atoms with Crippen LogP contribution >= 0.6 is 34.8 Å². The van der Waals surface area contributed by atoms with Crippen LogP contribution in [0, 0.1) is 0 Å². The molecule has 84 valence electrons. The van der Waals surface area contributed by atoms with Gasteiger partial charge in [0.2, 0.25) is 0 Å². The molecule has 3 aromatic rings. The lowest BCUT2D eigenvalue weighted by atomic mass is 10.0. The van der Waals surface area contributed by atoms with E-state index in [1.54, 1.807) is 0 Å².